The topological polar surface area (TPSA) is 159 Å². The molecule has 0 aromatic carbocycles. The van der Waals surface area contributed by atoms with Gasteiger partial charge in [0.1, 0.15) is 24.4 Å². The van der Waals surface area contributed by atoms with Crippen LogP contribution in [-0.2, 0) is 56.9 Å². The van der Waals surface area contributed by atoms with E-state index in [0.717, 1.165) is 32.1 Å². The molecule has 310 valence electrons. The number of aliphatic hydroxyl groups is 2. The third kappa shape index (κ3) is 7.56. The first-order valence-electron chi connectivity index (χ1n) is 20.5. The Labute approximate surface area is 324 Å². The van der Waals surface area contributed by atoms with Crippen LogP contribution in [0.3, 0.4) is 0 Å². The van der Waals surface area contributed by atoms with Gasteiger partial charge in [0.2, 0.25) is 5.79 Å². The maximum absolute atomic E-state index is 13.7. The van der Waals surface area contributed by atoms with Gasteiger partial charge in [-0.05, 0) is 76.2 Å². The van der Waals surface area contributed by atoms with Crippen molar-refractivity contribution in [1.29, 1.82) is 0 Å². The Balaban J connectivity index is 0.851. The van der Waals surface area contributed by atoms with Crippen molar-refractivity contribution in [2.24, 2.45) is 23.2 Å². The van der Waals surface area contributed by atoms with Crippen molar-refractivity contribution in [1.82, 2.24) is 0 Å². The molecule has 6 aliphatic heterocycles. The fourth-order valence-electron chi connectivity index (χ4n) is 11.0. The quantitative estimate of drug-likeness (QED) is 0.269. The molecule has 5 saturated heterocycles. The Morgan fingerprint density at radius 2 is 1.51 bits per heavy atom. The first-order chi connectivity index (χ1) is 26.3. The zero-order valence-electron chi connectivity index (χ0n) is 33.3. The van der Waals surface area contributed by atoms with Crippen molar-refractivity contribution >= 4 is 5.97 Å². The second-order valence-electron chi connectivity index (χ2n) is 17.6. The van der Waals surface area contributed by atoms with Gasteiger partial charge < -0.3 is 62.3 Å². The van der Waals surface area contributed by atoms with E-state index in [4.69, 9.17) is 52.1 Å². The molecule has 0 radical (unpaired) electrons. The lowest BCUT2D eigenvalue weighted by molar-refractivity contribution is -0.337. The van der Waals surface area contributed by atoms with Gasteiger partial charge in [0.25, 0.3) is 0 Å². The normalized spacial score (nSPS) is 51.2. The van der Waals surface area contributed by atoms with Gasteiger partial charge in [-0.1, -0.05) is 18.6 Å². The number of carbonyl (C=O) groups excluding carboxylic acids is 1. The van der Waals surface area contributed by atoms with Gasteiger partial charge in [0.05, 0.1) is 67.4 Å². The van der Waals surface area contributed by atoms with Crippen molar-refractivity contribution < 1.29 is 67.1 Å². The van der Waals surface area contributed by atoms with E-state index < -0.39 is 67.4 Å². The molecule has 14 heteroatoms. The highest BCUT2D eigenvalue weighted by Gasteiger charge is 2.58. The summed E-state index contributed by atoms with van der Waals surface area (Å²) in [5.74, 6) is -0.920. The maximum atomic E-state index is 13.7. The van der Waals surface area contributed by atoms with Crippen molar-refractivity contribution in [2.75, 3.05) is 20.8 Å². The molecule has 0 amide bonds. The van der Waals surface area contributed by atoms with E-state index in [2.05, 4.69) is 13.0 Å². The molecule has 19 atom stereocenters. The lowest BCUT2D eigenvalue weighted by Crippen LogP contribution is -2.56. The van der Waals surface area contributed by atoms with Crippen LogP contribution in [0.5, 0.6) is 0 Å². The minimum absolute atomic E-state index is 0.0253. The summed E-state index contributed by atoms with van der Waals surface area (Å²) in [6, 6.07) is 0. The number of hydrogen-bond acceptors (Lipinski definition) is 14. The zero-order valence-corrected chi connectivity index (χ0v) is 33.3. The van der Waals surface area contributed by atoms with Crippen molar-refractivity contribution in [2.45, 2.75) is 184 Å². The van der Waals surface area contributed by atoms with E-state index in [1.807, 2.05) is 27.0 Å². The maximum Gasteiger partial charge on any atom is 0.309 e. The predicted molar refractivity (Wildman–Crippen MR) is 193 cm³/mol. The first kappa shape index (κ1) is 40.1. The minimum atomic E-state index is -0.866. The number of ether oxygens (including phenoxy) is 11. The molecule has 1 saturated carbocycles. The van der Waals surface area contributed by atoms with E-state index in [1.54, 1.807) is 21.1 Å². The standard InChI is InChI=1S/C41H62O14/c1-20-36(43)29(45-6)16-34(49-20)54-37-21(2)50-32(15-28(37)42)55-38-22(3)51-33(17-30(38)46-7)52-25-12-13-40(4)24(14-25)9-10-26-27(40)11-8-23-18-47-41(5)35(23)31(19-48-41)53-39(26)44/h9,18,20-22,25-38,42-43H,8,10-17,19H2,1-7H3/t20-,21+,22+,25-,26+,27-,28-,29+,30+,31?,32-,33-,34-,35+,36-,37+,38+,40-,41-/m0/s1. The number of fused-ring (bicyclic) bond motifs is 3. The highest BCUT2D eigenvalue weighted by atomic mass is 16.7. The average molecular weight is 779 g/mol. The monoisotopic (exact) mass is 778 g/mol. The fourth-order valence-corrected chi connectivity index (χ4v) is 11.0. The molecule has 0 aromatic heterocycles. The van der Waals surface area contributed by atoms with E-state index in [9.17, 15) is 15.0 Å². The SMILES string of the molecule is CO[C@@H]1C[C@H](O[C@H]2[C@@H](O)C[C@H](O[C@@H]3[C@@H](C)O[C@@H](O[C@H]4CC[C@@]5(C)C(=CC[C@H]6C(=O)OC7CO[C@]8(C)OC=C(CC[C@@H]65)[C@H]78)C4)C[C@H]3OC)O[C@@H]2C)O[C@@H](C)[C@@H]1O. The van der Waals surface area contributed by atoms with Gasteiger partial charge >= 0.3 is 5.97 Å². The van der Waals surface area contributed by atoms with Gasteiger partial charge in [0, 0.05) is 40.4 Å². The zero-order chi connectivity index (χ0) is 38.8. The predicted octanol–water partition coefficient (Wildman–Crippen LogP) is 4.03. The van der Waals surface area contributed by atoms with E-state index in [-0.39, 0.29) is 60.0 Å². The number of rotatable bonds is 8. The summed E-state index contributed by atoms with van der Waals surface area (Å²) < 4.78 is 67.3. The number of carbonyl (C=O) groups is 1. The molecule has 6 fully saturated rings. The van der Waals surface area contributed by atoms with Crippen LogP contribution < -0.4 is 0 Å². The van der Waals surface area contributed by atoms with Gasteiger partial charge in [-0.3, -0.25) is 4.79 Å². The lowest BCUT2D eigenvalue weighted by atomic mass is 9.55. The van der Waals surface area contributed by atoms with Gasteiger partial charge in [0.15, 0.2) is 18.9 Å². The number of aliphatic hydroxyl groups excluding tert-OH is 2. The number of esters is 1. The lowest BCUT2D eigenvalue weighted by Gasteiger charge is -2.50. The largest absolute Gasteiger partial charge is 0.469 e. The molecule has 14 nitrogen and oxygen atoms in total. The molecule has 0 aromatic rings. The molecule has 2 aliphatic carbocycles. The van der Waals surface area contributed by atoms with Crippen LogP contribution in [0, 0.1) is 23.2 Å². The number of allylic oxidation sites excluding steroid dienone is 1. The van der Waals surface area contributed by atoms with Gasteiger partial charge in [-0.2, -0.15) is 0 Å². The van der Waals surface area contributed by atoms with Crippen LogP contribution in [0.25, 0.3) is 0 Å². The number of hydrogen-bond donors (Lipinski definition) is 2. The molecule has 6 heterocycles. The molecule has 0 bridgehead atoms. The molecule has 0 spiro atoms. The summed E-state index contributed by atoms with van der Waals surface area (Å²) in [6.07, 6.45) is 3.21. The molecule has 8 rings (SSSR count). The summed E-state index contributed by atoms with van der Waals surface area (Å²) in [7, 11) is 3.22. The number of methoxy groups -OCH3 is 2. The molecule has 55 heavy (non-hydrogen) atoms. The van der Waals surface area contributed by atoms with Gasteiger partial charge in [-0.25, -0.2) is 0 Å². The van der Waals surface area contributed by atoms with Gasteiger partial charge in [-0.15, -0.1) is 0 Å². The highest BCUT2D eigenvalue weighted by molar-refractivity contribution is 5.74. The van der Waals surface area contributed by atoms with Crippen LogP contribution in [0.4, 0.5) is 0 Å². The minimum Gasteiger partial charge on any atom is -0.469 e. The molecule has 8 aliphatic rings. The van der Waals surface area contributed by atoms with Crippen LogP contribution in [0.15, 0.2) is 23.5 Å². The Hall–Kier alpha value is -1.69. The summed E-state index contributed by atoms with van der Waals surface area (Å²) in [5, 5.41) is 21.5. The van der Waals surface area contributed by atoms with E-state index in [1.165, 1.54) is 11.1 Å². The van der Waals surface area contributed by atoms with Crippen LogP contribution >= 0.6 is 0 Å². The van der Waals surface area contributed by atoms with Crippen molar-refractivity contribution in [3.8, 4) is 0 Å². The van der Waals surface area contributed by atoms with Crippen LogP contribution in [0.2, 0.25) is 0 Å². The average Bonchev–Trinajstić information content (AvgIpc) is 3.66. The van der Waals surface area contributed by atoms with Crippen molar-refractivity contribution in [3.05, 3.63) is 23.5 Å². The van der Waals surface area contributed by atoms with Crippen molar-refractivity contribution in [3.63, 3.8) is 0 Å². The summed E-state index contributed by atoms with van der Waals surface area (Å²) in [5.41, 5.74) is 2.42. The smallest absolute Gasteiger partial charge is 0.309 e. The summed E-state index contributed by atoms with van der Waals surface area (Å²) >= 11 is 0. The van der Waals surface area contributed by atoms with Crippen LogP contribution in [-0.4, -0.2) is 129 Å². The van der Waals surface area contributed by atoms with E-state index >= 15 is 0 Å². The Kier molecular flexibility index (Phi) is 11.5. The highest BCUT2D eigenvalue weighted by Crippen LogP contribution is 2.57. The molecule has 2 N–H and O–H groups in total. The second-order valence-corrected chi connectivity index (χ2v) is 17.6. The van der Waals surface area contributed by atoms with E-state index in [0.29, 0.717) is 25.9 Å². The molecular formula is C41H62O14. The second kappa shape index (κ2) is 15.8. The summed E-state index contributed by atoms with van der Waals surface area (Å²) in [6.45, 7) is 10.2. The Morgan fingerprint density at radius 3 is 2.25 bits per heavy atom. The molecular weight excluding hydrogens is 716 g/mol. The van der Waals surface area contributed by atoms with Crippen LogP contribution in [0.1, 0.15) is 92.4 Å². The fraction of sp³-hybridized carbons (Fsp3) is 0.878. The molecule has 1 unspecified atom stereocenters. The Bertz CT molecular complexity index is 1440. The summed E-state index contributed by atoms with van der Waals surface area (Å²) in [4.78, 5) is 13.7. The third-order valence-corrected chi connectivity index (χ3v) is 14.2. The Morgan fingerprint density at radius 1 is 0.836 bits per heavy atom. The third-order valence-electron chi connectivity index (χ3n) is 14.2. The first-order valence-corrected chi connectivity index (χ1v) is 20.5.